The van der Waals surface area contributed by atoms with E-state index in [-0.39, 0.29) is 0 Å². The zero-order valence-electron chi connectivity index (χ0n) is 22.2. The van der Waals surface area contributed by atoms with Crippen LogP contribution in [0.4, 0.5) is 0 Å². The van der Waals surface area contributed by atoms with Crippen LogP contribution in [-0.2, 0) is 0 Å². The van der Waals surface area contributed by atoms with Gasteiger partial charge in [-0.05, 0) is 66.6 Å². The van der Waals surface area contributed by atoms with Crippen molar-refractivity contribution in [2.75, 3.05) is 0 Å². The van der Waals surface area contributed by atoms with Crippen molar-refractivity contribution in [1.82, 2.24) is 0 Å². The molecule has 0 atom stereocenters. The predicted molar refractivity (Wildman–Crippen MR) is 163 cm³/mol. The first-order valence-corrected chi connectivity index (χ1v) is 12.9. The Labute approximate surface area is 222 Å². The molecular formula is C36H32B. The Hall–Kier alpha value is -4.10. The highest BCUT2D eigenvalue weighted by Crippen LogP contribution is 2.26. The molecular weight excluding hydrogens is 443 g/mol. The minimum Gasteiger partial charge on any atom is -0.0985 e. The fourth-order valence-electron chi connectivity index (χ4n) is 5.18. The molecule has 1 heteroatoms. The van der Waals surface area contributed by atoms with Crippen molar-refractivity contribution in [3.8, 4) is 33.4 Å². The average Bonchev–Trinajstić information content (AvgIpc) is 2.92. The summed E-state index contributed by atoms with van der Waals surface area (Å²) in [6.45, 7) is 12.7. The van der Waals surface area contributed by atoms with Crippen molar-refractivity contribution in [2.45, 2.75) is 27.7 Å². The van der Waals surface area contributed by atoms with Gasteiger partial charge >= 0.3 is 0 Å². The van der Waals surface area contributed by atoms with E-state index in [1.807, 2.05) is 6.08 Å². The highest BCUT2D eigenvalue weighted by Gasteiger charge is 2.14. The van der Waals surface area contributed by atoms with Gasteiger partial charge in [0.2, 0.25) is 0 Å². The first-order valence-electron chi connectivity index (χ1n) is 12.9. The van der Waals surface area contributed by atoms with E-state index in [0.29, 0.717) is 0 Å². The largest absolute Gasteiger partial charge is 0.192 e. The molecule has 0 aromatic heterocycles. The monoisotopic (exact) mass is 475 g/mol. The highest BCUT2D eigenvalue weighted by molar-refractivity contribution is 6.69. The first-order chi connectivity index (χ1) is 17.9. The second-order valence-electron chi connectivity index (χ2n) is 9.96. The third kappa shape index (κ3) is 5.22. The predicted octanol–water partition coefficient (Wildman–Crippen LogP) is 8.22. The summed E-state index contributed by atoms with van der Waals surface area (Å²) in [5.74, 6) is 0. The SMILES string of the molecule is C=Cc1ccc(-c2cc(C)c([B]c3c(C)cc(-c4ccc(-c5ccccc5)cc4)cc3C)c(C)c2)cc1. The number of hydrogen-bond acceptors (Lipinski definition) is 0. The van der Waals surface area contributed by atoms with E-state index in [1.165, 1.54) is 66.6 Å². The van der Waals surface area contributed by atoms with Gasteiger partial charge in [-0.15, -0.1) is 0 Å². The number of rotatable bonds is 6. The quantitative estimate of drug-likeness (QED) is 0.217. The highest BCUT2D eigenvalue weighted by atomic mass is 14.1. The van der Waals surface area contributed by atoms with E-state index in [4.69, 9.17) is 0 Å². The fourth-order valence-corrected chi connectivity index (χ4v) is 5.18. The van der Waals surface area contributed by atoms with E-state index in [9.17, 15) is 0 Å². The second kappa shape index (κ2) is 10.5. The van der Waals surface area contributed by atoms with E-state index in [0.717, 1.165) is 5.56 Å². The number of benzene rings is 5. The van der Waals surface area contributed by atoms with Crippen molar-refractivity contribution in [2.24, 2.45) is 0 Å². The molecule has 0 saturated carbocycles. The molecule has 5 aromatic rings. The molecule has 0 spiro atoms. The molecule has 37 heavy (non-hydrogen) atoms. The van der Waals surface area contributed by atoms with E-state index < -0.39 is 0 Å². The van der Waals surface area contributed by atoms with Crippen molar-refractivity contribution >= 4 is 24.3 Å². The van der Waals surface area contributed by atoms with Crippen molar-refractivity contribution in [3.63, 3.8) is 0 Å². The van der Waals surface area contributed by atoms with Gasteiger partial charge in [-0.3, -0.25) is 0 Å². The van der Waals surface area contributed by atoms with Crippen molar-refractivity contribution < 1.29 is 0 Å². The lowest BCUT2D eigenvalue weighted by Gasteiger charge is -2.17. The molecule has 1 radical (unpaired) electrons. The van der Waals surface area contributed by atoms with Crippen molar-refractivity contribution in [1.29, 1.82) is 0 Å². The van der Waals surface area contributed by atoms with Gasteiger partial charge in [0.1, 0.15) is 0 Å². The summed E-state index contributed by atoms with van der Waals surface area (Å²) in [6.07, 6.45) is 1.88. The minimum atomic E-state index is 1.14. The summed E-state index contributed by atoms with van der Waals surface area (Å²) in [5, 5.41) is 0. The summed E-state index contributed by atoms with van der Waals surface area (Å²) < 4.78 is 0. The van der Waals surface area contributed by atoms with Gasteiger partial charge in [-0.25, -0.2) is 0 Å². The van der Waals surface area contributed by atoms with Crippen LogP contribution >= 0.6 is 0 Å². The van der Waals surface area contributed by atoms with E-state index in [1.54, 1.807) is 0 Å². The maximum absolute atomic E-state index is 3.86. The van der Waals surface area contributed by atoms with Gasteiger partial charge in [0.25, 0.3) is 0 Å². The molecule has 0 fully saturated rings. The molecule has 0 aliphatic rings. The molecule has 0 aliphatic carbocycles. The molecule has 0 nitrogen and oxygen atoms in total. The van der Waals surface area contributed by atoms with E-state index in [2.05, 4.69) is 145 Å². The molecule has 0 amide bonds. The van der Waals surface area contributed by atoms with Crippen LogP contribution in [0.5, 0.6) is 0 Å². The zero-order valence-corrected chi connectivity index (χ0v) is 22.2. The third-order valence-electron chi connectivity index (χ3n) is 7.28. The van der Waals surface area contributed by atoms with Crippen molar-refractivity contribution in [3.05, 3.63) is 138 Å². The Bertz CT molecular complexity index is 1510. The topological polar surface area (TPSA) is 0 Å². The summed E-state index contributed by atoms with van der Waals surface area (Å²) >= 11 is 0. The van der Waals surface area contributed by atoms with Gasteiger partial charge in [0.05, 0.1) is 0 Å². The van der Waals surface area contributed by atoms with Crippen LogP contribution in [-0.4, -0.2) is 7.28 Å². The van der Waals surface area contributed by atoms with Crippen LogP contribution in [0, 0.1) is 27.7 Å². The Balaban J connectivity index is 1.41. The summed E-state index contributed by atoms with van der Waals surface area (Å²) in [4.78, 5) is 0. The molecule has 5 rings (SSSR count). The average molecular weight is 475 g/mol. The third-order valence-corrected chi connectivity index (χ3v) is 7.28. The Kier molecular flexibility index (Phi) is 6.97. The molecule has 0 heterocycles. The maximum atomic E-state index is 3.86. The number of aryl methyl sites for hydroxylation is 4. The summed E-state index contributed by atoms with van der Waals surface area (Å²) in [6, 6.07) is 37.3. The van der Waals surface area contributed by atoms with Crippen LogP contribution in [0.2, 0.25) is 0 Å². The van der Waals surface area contributed by atoms with Gasteiger partial charge < -0.3 is 0 Å². The molecule has 179 valence electrons. The molecule has 5 aromatic carbocycles. The molecule has 0 unspecified atom stereocenters. The first kappa shape index (κ1) is 24.6. The van der Waals surface area contributed by atoms with Gasteiger partial charge in [-0.2, -0.15) is 0 Å². The standard InChI is InChI=1S/C36H32B/c1-6-28-12-14-31(15-13-28)33-20-24(2)35(25(3)21-33)37-36-26(4)22-34(23-27(36)5)32-18-16-30(17-19-32)29-10-8-7-9-11-29/h6-23H,1H2,2-5H3. The van der Waals surface area contributed by atoms with Gasteiger partial charge in [-0.1, -0.05) is 149 Å². The lowest BCUT2D eigenvalue weighted by Crippen LogP contribution is -2.34. The minimum absolute atomic E-state index is 1.14. The smallest absolute Gasteiger partial charge is 0.0985 e. The van der Waals surface area contributed by atoms with Crippen LogP contribution in [0.25, 0.3) is 39.5 Å². The zero-order chi connectivity index (χ0) is 25.9. The van der Waals surface area contributed by atoms with Crippen LogP contribution in [0.15, 0.2) is 110 Å². The Morgan fingerprint density at radius 3 is 1.22 bits per heavy atom. The van der Waals surface area contributed by atoms with Crippen LogP contribution in [0.1, 0.15) is 27.8 Å². The molecule has 0 N–H and O–H groups in total. The second-order valence-corrected chi connectivity index (χ2v) is 9.96. The Morgan fingerprint density at radius 2 is 0.811 bits per heavy atom. The normalized spacial score (nSPS) is 10.8. The fraction of sp³-hybridized carbons (Fsp3) is 0.111. The van der Waals surface area contributed by atoms with E-state index >= 15 is 0 Å². The van der Waals surface area contributed by atoms with Crippen LogP contribution in [0.3, 0.4) is 0 Å². The lowest BCUT2D eigenvalue weighted by molar-refractivity contribution is 1.41. The maximum Gasteiger partial charge on any atom is 0.192 e. The summed E-state index contributed by atoms with van der Waals surface area (Å²) in [7, 11) is 2.36. The molecule has 0 aliphatic heterocycles. The number of hydrogen-bond donors (Lipinski definition) is 0. The molecule has 0 bridgehead atoms. The van der Waals surface area contributed by atoms with Gasteiger partial charge in [0.15, 0.2) is 7.28 Å². The van der Waals surface area contributed by atoms with Crippen LogP contribution < -0.4 is 10.9 Å². The molecule has 0 saturated heterocycles. The van der Waals surface area contributed by atoms with Gasteiger partial charge in [0, 0.05) is 0 Å². The Morgan fingerprint density at radius 1 is 0.459 bits per heavy atom. The summed E-state index contributed by atoms with van der Waals surface area (Å²) in [5.41, 5.74) is 16.4. The lowest BCUT2D eigenvalue weighted by atomic mass is 9.58.